The number of carbonyl (C=O) groups excluding carboxylic acids is 1. The largest absolute Gasteiger partial charge is 0.455 e. The van der Waals surface area contributed by atoms with Crippen LogP contribution >= 0.6 is 24.8 Å². The number of hydrogen-bond acceptors (Lipinski definition) is 4. The predicted octanol–water partition coefficient (Wildman–Crippen LogP) is 3.05. The van der Waals surface area contributed by atoms with Crippen LogP contribution in [-0.4, -0.2) is 29.8 Å². The Morgan fingerprint density at radius 3 is 2.61 bits per heavy atom. The highest BCUT2D eigenvalue weighted by Crippen LogP contribution is 2.16. The molecular weight excluding hydrogens is 356 g/mol. The zero-order valence-electron chi connectivity index (χ0n) is 11.7. The first-order valence-corrected chi connectivity index (χ1v) is 6.18. The normalized spacial score (nSPS) is 12.0. The quantitative estimate of drug-likeness (QED) is 0.840. The number of alkyl halides is 3. The summed E-state index contributed by atoms with van der Waals surface area (Å²) in [6.07, 6.45) is -2.80. The zero-order chi connectivity index (χ0) is 15.5. The van der Waals surface area contributed by atoms with Crippen LogP contribution in [0.3, 0.4) is 0 Å². The average molecular weight is 371 g/mol. The van der Waals surface area contributed by atoms with Crippen LogP contribution in [0.15, 0.2) is 36.5 Å². The van der Waals surface area contributed by atoms with Crippen molar-refractivity contribution in [2.75, 3.05) is 6.61 Å². The second kappa shape index (κ2) is 8.90. The standard InChI is InChI=1S/C14H13F3N2O2.2ClH/c15-14(16,17)8-21-13(20)11(18)7-9-3-4-12-10(6-9)2-1-5-19-12;;/h1-6,11H,7-8,18H2;2*1H/t11-;;/m0../s1. The number of ether oxygens (including phenoxy) is 1. The molecule has 1 aromatic carbocycles. The number of aromatic nitrogens is 1. The molecule has 0 spiro atoms. The van der Waals surface area contributed by atoms with Crippen LogP contribution in [0.2, 0.25) is 0 Å². The monoisotopic (exact) mass is 370 g/mol. The summed E-state index contributed by atoms with van der Waals surface area (Å²) in [5, 5.41) is 0.867. The third-order valence-electron chi connectivity index (χ3n) is 2.80. The molecule has 1 heterocycles. The summed E-state index contributed by atoms with van der Waals surface area (Å²) in [5.74, 6) is -1.07. The van der Waals surface area contributed by atoms with Crippen molar-refractivity contribution in [3.63, 3.8) is 0 Å². The summed E-state index contributed by atoms with van der Waals surface area (Å²) >= 11 is 0. The number of halogens is 5. The van der Waals surface area contributed by atoms with Crippen molar-refractivity contribution in [3.05, 3.63) is 42.1 Å². The summed E-state index contributed by atoms with van der Waals surface area (Å²) in [6.45, 7) is -1.62. The topological polar surface area (TPSA) is 65.2 Å². The van der Waals surface area contributed by atoms with Gasteiger partial charge in [0.25, 0.3) is 0 Å². The minimum Gasteiger partial charge on any atom is -0.455 e. The first-order valence-electron chi connectivity index (χ1n) is 6.18. The number of nitrogens with two attached hydrogens (primary N) is 1. The first kappa shape index (κ1) is 21.4. The molecule has 1 atom stereocenters. The van der Waals surface area contributed by atoms with Crippen LogP contribution < -0.4 is 5.73 Å². The summed E-state index contributed by atoms with van der Waals surface area (Å²) < 4.78 is 40.0. The van der Waals surface area contributed by atoms with E-state index in [1.54, 1.807) is 30.5 Å². The fourth-order valence-corrected chi connectivity index (χ4v) is 1.85. The van der Waals surface area contributed by atoms with E-state index in [0.29, 0.717) is 0 Å². The Bertz CT molecular complexity index is 653. The lowest BCUT2D eigenvalue weighted by atomic mass is 10.0. The van der Waals surface area contributed by atoms with Gasteiger partial charge in [0, 0.05) is 11.6 Å². The number of esters is 1. The number of nitrogens with zero attached hydrogens (tertiary/aromatic N) is 1. The molecule has 0 saturated carbocycles. The van der Waals surface area contributed by atoms with Gasteiger partial charge >= 0.3 is 12.1 Å². The Hall–Kier alpha value is -1.57. The molecule has 0 saturated heterocycles. The Balaban J connectivity index is 0.00000242. The fourth-order valence-electron chi connectivity index (χ4n) is 1.85. The second-order valence-electron chi connectivity index (χ2n) is 4.56. The van der Waals surface area contributed by atoms with E-state index in [9.17, 15) is 18.0 Å². The van der Waals surface area contributed by atoms with E-state index in [1.165, 1.54) is 0 Å². The van der Waals surface area contributed by atoms with Crippen molar-refractivity contribution < 1.29 is 22.7 Å². The summed E-state index contributed by atoms with van der Waals surface area (Å²) in [7, 11) is 0. The molecule has 2 N–H and O–H groups in total. The summed E-state index contributed by atoms with van der Waals surface area (Å²) in [5.41, 5.74) is 7.08. The van der Waals surface area contributed by atoms with Gasteiger partial charge in [0.15, 0.2) is 6.61 Å². The van der Waals surface area contributed by atoms with Gasteiger partial charge < -0.3 is 10.5 Å². The molecule has 128 valence electrons. The number of rotatable bonds is 4. The Labute approximate surface area is 143 Å². The zero-order valence-corrected chi connectivity index (χ0v) is 13.4. The molecule has 4 nitrogen and oxygen atoms in total. The Kier molecular flexibility index (Phi) is 8.30. The third kappa shape index (κ3) is 6.60. The van der Waals surface area contributed by atoms with Crippen LogP contribution in [0.5, 0.6) is 0 Å². The molecule has 0 fully saturated rings. The maximum atomic E-state index is 12.0. The SMILES string of the molecule is Cl.Cl.N[C@@H](Cc1ccc2ncccc2c1)C(=O)OCC(F)(F)F. The molecule has 1 aromatic heterocycles. The van der Waals surface area contributed by atoms with Crippen LogP contribution in [0.1, 0.15) is 5.56 Å². The van der Waals surface area contributed by atoms with E-state index in [2.05, 4.69) is 9.72 Å². The van der Waals surface area contributed by atoms with Crippen LogP contribution in [-0.2, 0) is 16.0 Å². The smallest absolute Gasteiger partial charge is 0.422 e. The highest BCUT2D eigenvalue weighted by atomic mass is 35.5. The van der Waals surface area contributed by atoms with Crippen LogP contribution in [0, 0.1) is 0 Å². The summed E-state index contributed by atoms with van der Waals surface area (Å²) in [6, 6.07) is 7.76. The van der Waals surface area contributed by atoms with Gasteiger partial charge in [-0.05, 0) is 30.2 Å². The van der Waals surface area contributed by atoms with Gasteiger partial charge in [-0.1, -0.05) is 12.1 Å². The number of pyridine rings is 1. The molecule has 9 heteroatoms. The van der Waals surface area contributed by atoms with Gasteiger partial charge in [-0.3, -0.25) is 9.78 Å². The van der Waals surface area contributed by atoms with Crippen molar-refractivity contribution in [3.8, 4) is 0 Å². The Morgan fingerprint density at radius 2 is 1.96 bits per heavy atom. The van der Waals surface area contributed by atoms with E-state index in [4.69, 9.17) is 5.73 Å². The van der Waals surface area contributed by atoms with Gasteiger partial charge in [0.1, 0.15) is 6.04 Å². The second-order valence-corrected chi connectivity index (χ2v) is 4.56. The van der Waals surface area contributed by atoms with Gasteiger partial charge in [0.05, 0.1) is 5.52 Å². The van der Waals surface area contributed by atoms with Crippen molar-refractivity contribution in [2.45, 2.75) is 18.6 Å². The molecule has 0 aliphatic carbocycles. The number of hydrogen-bond donors (Lipinski definition) is 1. The number of benzene rings is 1. The van der Waals surface area contributed by atoms with Crippen molar-refractivity contribution >= 4 is 41.7 Å². The maximum Gasteiger partial charge on any atom is 0.422 e. The minimum atomic E-state index is -4.55. The molecule has 0 bridgehead atoms. The van der Waals surface area contributed by atoms with Crippen LogP contribution in [0.4, 0.5) is 13.2 Å². The van der Waals surface area contributed by atoms with Crippen LogP contribution in [0.25, 0.3) is 10.9 Å². The predicted molar refractivity (Wildman–Crippen MR) is 84.9 cm³/mol. The molecule has 0 amide bonds. The van der Waals surface area contributed by atoms with Gasteiger partial charge in [-0.2, -0.15) is 13.2 Å². The van der Waals surface area contributed by atoms with E-state index in [-0.39, 0.29) is 31.2 Å². The van der Waals surface area contributed by atoms with Crippen molar-refractivity contribution in [1.29, 1.82) is 0 Å². The Morgan fingerprint density at radius 1 is 1.26 bits per heavy atom. The third-order valence-corrected chi connectivity index (χ3v) is 2.80. The number of fused-ring (bicyclic) bond motifs is 1. The van der Waals surface area contributed by atoms with Crippen molar-refractivity contribution in [1.82, 2.24) is 4.98 Å². The highest BCUT2D eigenvalue weighted by molar-refractivity contribution is 5.85. The molecule has 23 heavy (non-hydrogen) atoms. The lowest BCUT2D eigenvalue weighted by molar-refractivity contribution is -0.187. The average Bonchev–Trinajstić information content (AvgIpc) is 2.43. The molecule has 2 aromatic rings. The highest BCUT2D eigenvalue weighted by Gasteiger charge is 2.30. The lowest BCUT2D eigenvalue weighted by Gasteiger charge is -2.13. The van der Waals surface area contributed by atoms with Crippen molar-refractivity contribution in [2.24, 2.45) is 5.73 Å². The maximum absolute atomic E-state index is 12.0. The molecule has 0 aliphatic heterocycles. The van der Waals surface area contributed by atoms with Gasteiger partial charge in [-0.25, -0.2) is 0 Å². The molecule has 0 aliphatic rings. The molecule has 0 unspecified atom stereocenters. The first-order chi connectivity index (χ1) is 9.85. The van der Waals surface area contributed by atoms with E-state index in [0.717, 1.165) is 16.5 Å². The van der Waals surface area contributed by atoms with Gasteiger partial charge in [0.2, 0.25) is 0 Å². The number of carbonyl (C=O) groups is 1. The van der Waals surface area contributed by atoms with Gasteiger partial charge in [-0.15, -0.1) is 24.8 Å². The lowest BCUT2D eigenvalue weighted by Crippen LogP contribution is -2.36. The molecular formula is C14H15Cl2F3N2O2. The molecule has 0 radical (unpaired) electrons. The molecule has 2 rings (SSSR count). The fraction of sp³-hybridized carbons (Fsp3) is 0.286. The van der Waals surface area contributed by atoms with E-state index < -0.39 is 24.8 Å². The summed E-state index contributed by atoms with van der Waals surface area (Å²) in [4.78, 5) is 15.5. The van der Waals surface area contributed by atoms with E-state index in [1.807, 2.05) is 6.07 Å². The van der Waals surface area contributed by atoms with E-state index >= 15 is 0 Å². The minimum absolute atomic E-state index is 0.